The number of nitrogens with one attached hydrogen (secondary N) is 1. The highest BCUT2D eigenvalue weighted by Crippen LogP contribution is 2.35. The maximum atomic E-state index is 11.7. The second kappa shape index (κ2) is 10.1. The van der Waals surface area contributed by atoms with Gasteiger partial charge >= 0.3 is 0 Å². The van der Waals surface area contributed by atoms with Gasteiger partial charge in [0.05, 0.1) is 5.39 Å². The number of nitrogens with zero attached hydrogens (tertiary/aromatic N) is 5. The van der Waals surface area contributed by atoms with Crippen LogP contribution in [0.25, 0.3) is 10.9 Å². The van der Waals surface area contributed by atoms with Crippen LogP contribution in [0.15, 0.2) is 30.5 Å². The lowest BCUT2D eigenvalue weighted by molar-refractivity contribution is -0.129. The molecule has 4 rings (SSSR count). The Balaban J connectivity index is 1.66. The molecule has 0 bridgehead atoms. The van der Waals surface area contributed by atoms with E-state index in [1.54, 1.807) is 6.92 Å². The molecule has 0 saturated carbocycles. The molecule has 3 heterocycles. The van der Waals surface area contributed by atoms with E-state index in [2.05, 4.69) is 55.3 Å². The van der Waals surface area contributed by atoms with E-state index >= 15 is 0 Å². The topological polar surface area (TPSA) is 86.5 Å². The number of hydrogen-bond donors (Lipinski definition) is 2. The molecule has 0 radical (unpaired) electrons. The smallest absolute Gasteiger partial charge is 0.228 e. The number of carbonyl (C=O) groups is 1. The Labute approximate surface area is 208 Å². The molecule has 1 fully saturated rings. The number of aromatic hydroxyl groups is 1. The highest BCUT2D eigenvalue weighted by molar-refractivity contribution is 5.94. The van der Waals surface area contributed by atoms with Crippen LogP contribution in [0.1, 0.15) is 64.8 Å². The number of rotatable bonds is 7. The van der Waals surface area contributed by atoms with Gasteiger partial charge in [-0.15, -0.1) is 0 Å². The van der Waals surface area contributed by atoms with Crippen LogP contribution in [-0.2, 0) is 11.2 Å². The molecule has 188 valence electrons. The first-order chi connectivity index (χ1) is 16.6. The van der Waals surface area contributed by atoms with Crippen molar-refractivity contribution >= 4 is 28.6 Å². The average molecular weight is 479 g/mol. The summed E-state index contributed by atoms with van der Waals surface area (Å²) in [5.41, 5.74) is 3.05. The Morgan fingerprint density at radius 1 is 1.03 bits per heavy atom. The predicted molar refractivity (Wildman–Crippen MR) is 141 cm³/mol. The van der Waals surface area contributed by atoms with Crippen LogP contribution in [0, 0.1) is 5.92 Å². The number of hydrogen-bond acceptors (Lipinski definition) is 6. The summed E-state index contributed by atoms with van der Waals surface area (Å²) in [6.45, 7) is 14.8. The fourth-order valence-corrected chi connectivity index (χ4v) is 4.64. The van der Waals surface area contributed by atoms with Gasteiger partial charge in [0.25, 0.3) is 0 Å². The van der Waals surface area contributed by atoms with Crippen molar-refractivity contribution in [2.45, 2.75) is 60.0 Å². The lowest BCUT2D eigenvalue weighted by Gasteiger charge is -2.34. The van der Waals surface area contributed by atoms with E-state index in [0.717, 1.165) is 11.8 Å². The van der Waals surface area contributed by atoms with E-state index < -0.39 is 0 Å². The highest BCUT2D eigenvalue weighted by atomic mass is 16.3. The fraction of sp³-hybridized carbons (Fsp3) is 0.519. The van der Waals surface area contributed by atoms with E-state index in [0.29, 0.717) is 49.4 Å². The zero-order valence-electron chi connectivity index (χ0n) is 21.7. The third-order valence-electron chi connectivity index (χ3n) is 6.70. The molecule has 0 aliphatic carbocycles. The number of fused-ring (bicyclic) bond motifs is 1. The lowest BCUT2D eigenvalue weighted by atomic mass is 10.00. The summed E-state index contributed by atoms with van der Waals surface area (Å²) in [5.74, 6) is 2.13. The Hall–Kier alpha value is -3.29. The first-order valence-corrected chi connectivity index (χ1v) is 12.6. The van der Waals surface area contributed by atoms with Gasteiger partial charge in [0.15, 0.2) is 0 Å². The first kappa shape index (κ1) is 24.8. The maximum Gasteiger partial charge on any atom is 0.228 e. The second-order valence-corrected chi connectivity index (χ2v) is 10.3. The predicted octanol–water partition coefficient (Wildman–Crippen LogP) is 4.76. The van der Waals surface area contributed by atoms with Crippen LogP contribution in [-0.4, -0.2) is 56.6 Å². The molecule has 1 aromatic carbocycles. The normalized spacial score (nSPS) is 15.3. The third-order valence-corrected chi connectivity index (χ3v) is 6.70. The summed E-state index contributed by atoms with van der Waals surface area (Å²) in [5, 5.41) is 15.3. The third kappa shape index (κ3) is 5.36. The van der Waals surface area contributed by atoms with Gasteiger partial charge in [0.2, 0.25) is 17.7 Å². The summed E-state index contributed by atoms with van der Waals surface area (Å²) in [6, 6.07) is 8.85. The number of anilines is 2. The second-order valence-electron chi connectivity index (χ2n) is 10.3. The summed E-state index contributed by atoms with van der Waals surface area (Å²) < 4.78 is 1.83. The van der Waals surface area contributed by atoms with E-state index in [4.69, 9.17) is 9.97 Å². The van der Waals surface area contributed by atoms with Crippen molar-refractivity contribution < 1.29 is 9.90 Å². The zero-order chi connectivity index (χ0) is 25.3. The Kier molecular flexibility index (Phi) is 7.19. The SMILES string of the molecule is CC(=O)N1CCN(c2nc(NC(C)c3ccc(CC(C)C)cc3)c3cn(C(C)C)c(O)c3n2)CC1. The molecule has 3 aromatic rings. The van der Waals surface area contributed by atoms with Gasteiger partial charge in [0, 0.05) is 51.4 Å². The van der Waals surface area contributed by atoms with Gasteiger partial charge in [-0.25, -0.2) is 4.98 Å². The van der Waals surface area contributed by atoms with Crippen LogP contribution in [0.3, 0.4) is 0 Å². The average Bonchev–Trinajstić information content (AvgIpc) is 3.16. The van der Waals surface area contributed by atoms with Crippen LogP contribution < -0.4 is 10.2 Å². The van der Waals surface area contributed by atoms with Crippen molar-refractivity contribution in [1.82, 2.24) is 19.4 Å². The Morgan fingerprint density at radius 2 is 1.69 bits per heavy atom. The molecule has 1 aliphatic rings. The minimum Gasteiger partial charge on any atom is -0.493 e. The molecule has 1 aliphatic heterocycles. The quantitative estimate of drug-likeness (QED) is 0.509. The Bertz CT molecular complexity index is 1180. The zero-order valence-corrected chi connectivity index (χ0v) is 21.7. The minimum absolute atomic E-state index is 0.0214. The van der Waals surface area contributed by atoms with Crippen LogP contribution in [0.4, 0.5) is 11.8 Å². The fourth-order valence-electron chi connectivity index (χ4n) is 4.64. The van der Waals surface area contributed by atoms with Crippen molar-refractivity contribution in [2.75, 3.05) is 36.4 Å². The largest absolute Gasteiger partial charge is 0.493 e. The molecule has 8 heteroatoms. The van der Waals surface area contributed by atoms with Gasteiger partial charge in [-0.3, -0.25) is 4.79 Å². The van der Waals surface area contributed by atoms with Crippen molar-refractivity contribution in [1.29, 1.82) is 0 Å². The monoisotopic (exact) mass is 478 g/mol. The molecule has 35 heavy (non-hydrogen) atoms. The molecule has 1 unspecified atom stereocenters. The van der Waals surface area contributed by atoms with Gasteiger partial charge in [-0.2, -0.15) is 4.98 Å². The molecule has 0 spiro atoms. The maximum absolute atomic E-state index is 11.7. The molecular weight excluding hydrogens is 440 g/mol. The van der Waals surface area contributed by atoms with Crippen LogP contribution >= 0.6 is 0 Å². The van der Waals surface area contributed by atoms with Crippen LogP contribution in [0.5, 0.6) is 5.88 Å². The number of aromatic nitrogens is 3. The first-order valence-electron chi connectivity index (χ1n) is 12.6. The standard InChI is InChI=1S/C27H38N6O2/c1-17(2)15-21-7-9-22(10-8-21)19(5)28-25-23-16-33(18(3)4)26(35)24(23)29-27(30-25)32-13-11-31(12-14-32)20(6)34/h7-10,16-19,35H,11-15H2,1-6H3,(H,28,29,30). The number of piperazine rings is 1. The molecular formula is C27H38N6O2. The van der Waals surface area contributed by atoms with Crippen molar-refractivity contribution in [2.24, 2.45) is 5.92 Å². The summed E-state index contributed by atoms with van der Waals surface area (Å²) in [7, 11) is 0. The number of benzene rings is 1. The van der Waals surface area contributed by atoms with Gasteiger partial charge in [0.1, 0.15) is 11.3 Å². The lowest BCUT2D eigenvalue weighted by Crippen LogP contribution is -2.48. The molecule has 2 aromatic heterocycles. The molecule has 1 saturated heterocycles. The highest BCUT2D eigenvalue weighted by Gasteiger charge is 2.24. The van der Waals surface area contributed by atoms with Crippen LogP contribution in [0.2, 0.25) is 0 Å². The molecule has 1 atom stereocenters. The molecule has 1 amide bonds. The van der Waals surface area contributed by atoms with E-state index in [1.165, 1.54) is 11.1 Å². The van der Waals surface area contributed by atoms with E-state index in [9.17, 15) is 9.90 Å². The van der Waals surface area contributed by atoms with Gasteiger partial charge < -0.3 is 24.8 Å². The molecule has 2 N–H and O–H groups in total. The van der Waals surface area contributed by atoms with E-state index in [-0.39, 0.29) is 23.9 Å². The summed E-state index contributed by atoms with van der Waals surface area (Å²) >= 11 is 0. The minimum atomic E-state index is 0.0214. The van der Waals surface area contributed by atoms with Crippen molar-refractivity contribution in [3.05, 3.63) is 41.6 Å². The van der Waals surface area contributed by atoms with Gasteiger partial charge in [-0.05, 0) is 44.2 Å². The summed E-state index contributed by atoms with van der Waals surface area (Å²) in [4.78, 5) is 25.3. The van der Waals surface area contributed by atoms with E-state index in [1.807, 2.05) is 29.5 Å². The summed E-state index contributed by atoms with van der Waals surface area (Å²) in [6.07, 6.45) is 2.99. The number of carbonyl (C=O) groups excluding carboxylic acids is 1. The van der Waals surface area contributed by atoms with Crippen molar-refractivity contribution in [3.8, 4) is 5.88 Å². The van der Waals surface area contributed by atoms with Crippen molar-refractivity contribution in [3.63, 3.8) is 0 Å². The number of amides is 1. The Morgan fingerprint density at radius 3 is 2.26 bits per heavy atom. The van der Waals surface area contributed by atoms with Gasteiger partial charge in [-0.1, -0.05) is 38.1 Å². The molecule has 8 nitrogen and oxygen atoms in total.